The van der Waals surface area contributed by atoms with Crippen LogP contribution in [-0.2, 0) is 0 Å². The zero-order chi connectivity index (χ0) is 9.26. The van der Waals surface area contributed by atoms with E-state index in [9.17, 15) is 0 Å². The summed E-state index contributed by atoms with van der Waals surface area (Å²) in [6.45, 7) is 0. The molecule has 66 valence electrons. The van der Waals surface area contributed by atoms with Gasteiger partial charge in [-0.3, -0.25) is 0 Å². The molecule has 4 N–H and O–H groups in total. The van der Waals surface area contributed by atoms with E-state index in [1.54, 1.807) is 35.3 Å². The van der Waals surface area contributed by atoms with Crippen LogP contribution in [0, 0.1) is 0 Å². The van der Waals surface area contributed by atoms with Crippen LogP contribution in [0.4, 0.5) is 11.4 Å². The fraction of sp³-hybridized carbons (Fsp3) is 0. The number of nitrogens with zero attached hydrogens (tertiary/aromatic N) is 3. The van der Waals surface area contributed by atoms with Crippen LogP contribution in [0.15, 0.2) is 30.6 Å². The monoisotopic (exact) mass is 175 g/mol. The molecule has 5 nitrogen and oxygen atoms in total. The highest BCUT2D eigenvalue weighted by Gasteiger charge is 2.05. The van der Waals surface area contributed by atoms with E-state index in [1.165, 1.54) is 0 Å². The van der Waals surface area contributed by atoms with Gasteiger partial charge in [0.1, 0.15) is 5.69 Å². The fourth-order valence-corrected chi connectivity index (χ4v) is 1.17. The maximum absolute atomic E-state index is 5.74. The summed E-state index contributed by atoms with van der Waals surface area (Å²) in [6, 6.07) is 5.34. The van der Waals surface area contributed by atoms with E-state index in [2.05, 4.69) is 10.3 Å². The molecule has 0 spiro atoms. The second kappa shape index (κ2) is 2.78. The average Bonchev–Trinajstić information content (AvgIpc) is 2.57. The highest BCUT2D eigenvalue weighted by atomic mass is 15.4. The molecule has 0 saturated carbocycles. The number of hydrogen-bond donors (Lipinski definition) is 2. The molecule has 2 rings (SSSR count). The van der Waals surface area contributed by atoms with Gasteiger partial charge in [-0.15, -0.1) is 5.10 Å². The Bertz CT molecular complexity index is 386. The van der Waals surface area contributed by atoms with Gasteiger partial charge >= 0.3 is 0 Å². The van der Waals surface area contributed by atoms with E-state index in [4.69, 9.17) is 11.5 Å². The summed E-state index contributed by atoms with van der Waals surface area (Å²) < 4.78 is 1.55. The van der Waals surface area contributed by atoms with Crippen LogP contribution in [-0.4, -0.2) is 15.0 Å². The van der Waals surface area contributed by atoms with E-state index in [0.717, 1.165) is 0 Å². The van der Waals surface area contributed by atoms with E-state index < -0.39 is 0 Å². The number of anilines is 2. The molecule has 5 heteroatoms. The minimum Gasteiger partial charge on any atom is -0.397 e. The number of nitrogens with two attached hydrogens (primary N) is 2. The largest absolute Gasteiger partial charge is 0.397 e. The number of nitrogen functional groups attached to an aromatic ring is 2. The quantitative estimate of drug-likeness (QED) is 0.616. The molecular weight excluding hydrogens is 166 g/mol. The molecule has 0 radical (unpaired) electrons. The third-order valence-corrected chi connectivity index (χ3v) is 1.75. The lowest BCUT2D eigenvalue weighted by Crippen LogP contribution is -2.04. The van der Waals surface area contributed by atoms with Crippen LogP contribution < -0.4 is 11.5 Å². The molecule has 0 amide bonds. The second-order valence-corrected chi connectivity index (χ2v) is 2.63. The average molecular weight is 175 g/mol. The van der Waals surface area contributed by atoms with Crippen molar-refractivity contribution in [3.8, 4) is 5.69 Å². The van der Waals surface area contributed by atoms with Crippen molar-refractivity contribution in [2.75, 3.05) is 11.5 Å². The van der Waals surface area contributed by atoms with Crippen LogP contribution in [0.2, 0.25) is 0 Å². The molecule has 1 aromatic heterocycles. The van der Waals surface area contributed by atoms with E-state index in [1.807, 2.05) is 0 Å². The van der Waals surface area contributed by atoms with Crippen molar-refractivity contribution < 1.29 is 0 Å². The minimum absolute atomic E-state index is 0.588. The zero-order valence-electron chi connectivity index (χ0n) is 6.88. The summed E-state index contributed by atoms with van der Waals surface area (Å²) in [5, 5.41) is 7.50. The Morgan fingerprint density at radius 2 is 1.85 bits per heavy atom. The number of benzene rings is 1. The Hall–Kier alpha value is -2.04. The molecule has 13 heavy (non-hydrogen) atoms. The Labute approximate surface area is 75.0 Å². The molecule has 0 aliphatic carbocycles. The number of para-hydroxylation sites is 1. The summed E-state index contributed by atoms with van der Waals surface area (Å²) >= 11 is 0. The minimum atomic E-state index is 0.588. The van der Waals surface area contributed by atoms with Gasteiger partial charge in [0.15, 0.2) is 0 Å². The van der Waals surface area contributed by atoms with Gasteiger partial charge in [-0.1, -0.05) is 11.3 Å². The van der Waals surface area contributed by atoms with Crippen molar-refractivity contribution in [2.24, 2.45) is 0 Å². The van der Waals surface area contributed by atoms with Gasteiger partial charge in [-0.05, 0) is 12.1 Å². The molecule has 1 heterocycles. The molecule has 0 aliphatic rings. The lowest BCUT2D eigenvalue weighted by molar-refractivity contribution is 0.806. The van der Waals surface area contributed by atoms with Gasteiger partial charge in [0.2, 0.25) is 0 Å². The Balaban J connectivity index is 2.64. The Morgan fingerprint density at radius 1 is 1.15 bits per heavy atom. The topological polar surface area (TPSA) is 82.8 Å². The lowest BCUT2D eigenvalue weighted by Gasteiger charge is -2.06. The highest BCUT2D eigenvalue weighted by Crippen LogP contribution is 2.22. The van der Waals surface area contributed by atoms with Crippen LogP contribution in [0.1, 0.15) is 0 Å². The molecular formula is C8H9N5. The van der Waals surface area contributed by atoms with Crippen molar-refractivity contribution >= 4 is 11.4 Å². The maximum atomic E-state index is 5.74. The van der Waals surface area contributed by atoms with Crippen LogP contribution in [0.25, 0.3) is 5.69 Å². The molecule has 0 fully saturated rings. The lowest BCUT2D eigenvalue weighted by atomic mass is 10.2. The van der Waals surface area contributed by atoms with Crippen molar-refractivity contribution in [1.29, 1.82) is 0 Å². The molecule has 1 aromatic carbocycles. The van der Waals surface area contributed by atoms with E-state index >= 15 is 0 Å². The number of hydrogen-bond acceptors (Lipinski definition) is 4. The zero-order valence-corrected chi connectivity index (χ0v) is 6.88. The van der Waals surface area contributed by atoms with E-state index in [0.29, 0.717) is 17.1 Å². The summed E-state index contributed by atoms with van der Waals surface area (Å²) in [6.07, 6.45) is 3.27. The van der Waals surface area contributed by atoms with Gasteiger partial charge in [0.05, 0.1) is 23.8 Å². The predicted octanol–water partition coefficient (Wildman–Crippen LogP) is 0.432. The highest BCUT2D eigenvalue weighted by molar-refractivity contribution is 5.71. The first-order valence-corrected chi connectivity index (χ1v) is 3.79. The Kier molecular flexibility index (Phi) is 1.63. The van der Waals surface area contributed by atoms with Crippen molar-refractivity contribution in [3.05, 3.63) is 30.6 Å². The number of rotatable bonds is 1. The van der Waals surface area contributed by atoms with Gasteiger partial charge in [-0.2, -0.15) is 0 Å². The van der Waals surface area contributed by atoms with Gasteiger partial charge in [-0.25, -0.2) is 4.68 Å². The van der Waals surface area contributed by atoms with Crippen LogP contribution in [0.3, 0.4) is 0 Å². The van der Waals surface area contributed by atoms with Crippen molar-refractivity contribution in [2.45, 2.75) is 0 Å². The normalized spacial score (nSPS) is 10.2. The molecule has 0 saturated heterocycles. The summed E-state index contributed by atoms with van der Waals surface area (Å²) in [7, 11) is 0. The first kappa shape index (κ1) is 7.60. The molecule has 0 unspecified atom stereocenters. The van der Waals surface area contributed by atoms with Gasteiger partial charge < -0.3 is 11.5 Å². The van der Waals surface area contributed by atoms with Crippen LogP contribution >= 0.6 is 0 Å². The summed E-state index contributed by atoms with van der Waals surface area (Å²) in [5.41, 5.74) is 13.3. The molecule has 0 aliphatic heterocycles. The van der Waals surface area contributed by atoms with Crippen LogP contribution in [0.5, 0.6) is 0 Å². The third-order valence-electron chi connectivity index (χ3n) is 1.75. The standard InChI is InChI=1S/C8H9N5/c9-6-2-1-3-7(10)8(6)13-5-4-11-12-13/h1-5H,9-10H2. The first-order valence-electron chi connectivity index (χ1n) is 3.79. The summed E-state index contributed by atoms with van der Waals surface area (Å²) in [4.78, 5) is 0. The maximum Gasteiger partial charge on any atom is 0.112 e. The second-order valence-electron chi connectivity index (χ2n) is 2.63. The third kappa shape index (κ3) is 1.20. The fourth-order valence-electron chi connectivity index (χ4n) is 1.17. The smallest absolute Gasteiger partial charge is 0.112 e. The first-order chi connectivity index (χ1) is 6.29. The summed E-state index contributed by atoms with van der Waals surface area (Å²) in [5.74, 6) is 0. The van der Waals surface area contributed by atoms with Gasteiger partial charge in [0.25, 0.3) is 0 Å². The molecule has 0 bridgehead atoms. The molecule has 0 atom stereocenters. The van der Waals surface area contributed by atoms with Gasteiger partial charge in [0, 0.05) is 0 Å². The van der Waals surface area contributed by atoms with Crippen molar-refractivity contribution in [1.82, 2.24) is 15.0 Å². The SMILES string of the molecule is Nc1cccc(N)c1-n1ccnn1. The predicted molar refractivity (Wildman–Crippen MR) is 50.2 cm³/mol. The Morgan fingerprint density at radius 3 is 2.38 bits per heavy atom. The van der Waals surface area contributed by atoms with Crippen molar-refractivity contribution in [3.63, 3.8) is 0 Å². The number of aromatic nitrogens is 3. The van der Waals surface area contributed by atoms with E-state index in [-0.39, 0.29) is 0 Å². The molecule has 2 aromatic rings.